The molecule has 0 spiro atoms. The predicted octanol–water partition coefficient (Wildman–Crippen LogP) is 5.19. The van der Waals surface area contributed by atoms with Gasteiger partial charge in [-0.1, -0.05) is 100 Å². The van der Waals surface area contributed by atoms with Crippen molar-refractivity contribution in [2.75, 3.05) is 0 Å². The molecule has 1 saturated heterocycles. The van der Waals surface area contributed by atoms with E-state index in [0.717, 1.165) is 11.1 Å². The molecule has 158 valence electrons. The Morgan fingerprint density at radius 1 is 0.967 bits per heavy atom. The first-order valence-corrected chi connectivity index (χ1v) is 14.0. The Labute approximate surface area is 180 Å². The van der Waals surface area contributed by atoms with Crippen LogP contribution < -0.4 is 0 Å². The SMILES string of the molecule is CC(C)[C@@H](O)[C@@H](C#C[Si](C)(C)C)N1C(=O)O[C@@H](c2ccccc2)[C@H]1c1ccccc1. The van der Waals surface area contributed by atoms with Crippen molar-refractivity contribution in [2.24, 2.45) is 5.92 Å². The maximum atomic E-state index is 13.2. The first kappa shape index (κ1) is 22.1. The maximum Gasteiger partial charge on any atom is 0.412 e. The number of hydrogen-bond acceptors (Lipinski definition) is 3. The quantitative estimate of drug-likeness (QED) is 0.534. The molecule has 0 aliphatic carbocycles. The van der Waals surface area contributed by atoms with Gasteiger partial charge in [-0.15, -0.1) is 5.54 Å². The molecular weight excluding hydrogens is 390 g/mol. The van der Waals surface area contributed by atoms with Gasteiger partial charge in [-0.05, 0) is 17.0 Å². The first-order chi connectivity index (χ1) is 14.2. The lowest BCUT2D eigenvalue weighted by Gasteiger charge is -2.34. The Kier molecular flexibility index (Phi) is 6.70. The van der Waals surface area contributed by atoms with Crippen LogP contribution in [0.3, 0.4) is 0 Å². The zero-order valence-electron chi connectivity index (χ0n) is 18.4. The van der Waals surface area contributed by atoms with Crippen LogP contribution in [0.15, 0.2) is 60.7 Å². The number of amides is 1. The Hall–Kier alpha value is -2.55. The highest BCUT2D eigenvalue weighted by atomic mass is 28.3. The molecule has 2 aromatic rings. The summed E-state index contributed by atoms with van der Waals surface area (Å²) in [6, 6.07) is 18.6. The Balaban J connectivity index is 2.12. The lowest BCUT2D eigenvalue weighted by molar-refractivity contribution is 0.0510. The third-order valence-corrected chi connectivity index (χ3v) is 6.09. The number of carbonyl (C=O) groups excluding carboxylic acids is 1. The summed E-state index contributed by atoms with van der Waals surface area (Å²) >= 11 is 0. The molecule has 2 aromatic carbocycles. The van der Waals surface area contributed by atoms with Crippen LogP contribution in [0.1, 0.15) is 37.1 Å². The highest BCUT2D eigenvalue weighted by molar-refractivity contribution is 6.83. The normalized spacial score (nSPS) is 21.0. The van der Waals surface area contributed by atoms with E-state index in [0.29, 0.717) is 0 Å². The number of aliphatic hydroxyl groups excluding tert-OH is 1. The van der Waals surface area contributed by atoms with E-state index in [2.05, 4.69) is 31.1 Å². The van der Waals surface area contributed by atoms with Crippen molar-refractivity contribution >= 4 is 14.2 Å². The van der Waals surface area contributed by atoms with Crippen LogP contribution in [0.2, 0.25) is 19.6 Å². The number of hydrogen-bond donors (Lipinski definition) is 1. The van der Waals surface area contributed by atoms with Crippen LogP contribution in [0.5, 0.6) is 0 Å². The van der Waals surface area contributed by atoms with Crippen LogP contribution in [0, 0.1) is 17.4 Å². The van der Waals surface area contributed by atoms with Gasteiger partial charge in [-0.2, -0.15) is 0 Å². The summed E-state index contributed by atoms with van der Waals surface area (Å²) < 4.78 is 5.89. The van der Waals surface area contributed by atoms with Gasteiger partial charge in [0, 0.05) is 0 Å². The van der Waals surface area contributed by atoms with E-state index in [1.807, 2.05) is 74.5 Å². The number of rotatable bonds is 5. The molecule has 4 nitrogen and oxygen atoms in total. The van der Waals surface area contributed by atoms with E-state index in [9.17, 15) is 9.90 Å². The van der Waals surface area contributed by atoms with Gasteiger partial charge in [0.1, 0.15) is 20.2 Å². The third kappa shape index (κ3) is 4.95. The number of ether oxygens (including phenoxy) is 1. The molecule has 0 unspecified atom stereocenters. The van der Waals surface area contributed by atoms with E-state index in [4.69, 9.17) is 4.74 Å². The van der Waals surface area contributed by atoms with E-state index in [-0.39, 0.29) is 12.0 Å². The van der Waals surface area contributed by atoms with Crippen LogP contribution in [0.25, 0.3) is 0 Å². The summed E-state index contributed by atoms with van der Waals surface area (Å²) in [7, 11) is -1.71. The van der Waals surface area contributed by atoms with Crippen molar-refractivity contribution in [3.8, 4) is 11.5 Å². The van der Waals surface area contributed by atoms with Crippen LogP contribution in [0.4, 0.5) is 4.79 Å². The molecule has 1 aliphatic rings. The molecule has 0 aromatic heterocycles. The monoisotopic (exact) mass is 421 g/mol. The summed E-state index contributed by atoms with van der Waals surface area (Å²) in [4.78, 5) is 14.8. The van der Waals surface area contributed by atoms with Gasteiger partial charge in [0.15, 0.2) is 6.10 Å². The number of carbonyl (C=O) groups is 1. The lowest BCUT2D eigenvalue weighted by Crippen LogP contribution is -2.47. The summed E-state index contributed by atoms with van der Waals surface area (Å²) in [6.45, 7) is 10.4. The maximum absolute atomic E-state index is 13.2. The minimum atomic E-state index is -1.71. The summed E-state index contributed by atoms with van der Waals surface area (Å²) in [5.41, 5.74) is 5.26. The van der Waals surface area contributed by atoms with Crippen molar-refractivity contribution in [2.45, 2.75) is 57.8 Å². The predicted molar refractivity (Wildman–Crippen MR) is 122 cm³/mol. The minimum absolute atomic E-state index is 0.0501. The molecule has 30 heavy (non-hydrogen) atoms. The molecular formula is C25H31NO3Si. The van der Waals surface area contributed by atoms with E-state index >= 15 is 0 Å². The Morgan fingerprint density at radius 2 is 1.50 bits per heavy atom. The van der Waals surface area contributed by atoms with Crippen LogP contribution in [-0.2, 0) is 4.74 Å². The van der Waals surface area contributed by atoms with Crippen LogP contribution in [-0.4, -0.2) is 36.3 Å². The minimum Gasteiger partial charge on any atom is -0.439 e. The molecule has 1 amide bonds. The Morgan fingerprint density at radius 3 is 2.00 bits per heavy atom. The van der Waals surface area contributed by atoms with Crippen molar-refractivity contribution in [3.05, 3.63) is 71.8 Å². The van der Waals surface area contributed by atoms with E-state index in [1.54, 1.807) is 4.90 Å². The van der Waals surface area contributed by atoms with Gasteiger partial charge in [-0.3, -0.25) is 4.90 Å². The number of benzene rings is 2. The summed E-state index contributed by atoms with van der Waals surface area (Å²) in [6.07, 6.45) is -1.67. The average Bonchev–Trinajstić information content (AvgIpc) is 3.05. The molecule has 5 heteroatoms. The van der Waals surface area contributed by atoms with Crippen molar-refractivity contribution in [1.82, 2.24) is 4.90 Å². The highest BCUT2D eigenvalue weighted by Gasteiger charge is 2.48. The molecule has 0 saturated carbocycles. The molecule has 1 aliphatic heterocycles. The average molecular weight is 422 g/mol. The standard InChI is InChI=1S/C25H31NO3Si/c1-18(2)23(27)21(16-17-30(3,4)5)26-22(19-12-8-6-9-13-19)24(29-25(26)28)20-14-10-7-11-15-20/h6-15,18,21-24,27H,1-5H3/t21-,22-,23-,24+/m1/s1. The highest BCUT2D eigenvalue weighted by Crippen LogP contribution is 2.44. The topological polar surface area (TPSA) is 49.8 Å². The van der Waals surface area contributed by atoms with Gasteiger partial charge in [0.05, 0.1) is 6.10 Å². The zero-order valence-corrected chi connectivity index (χ0v) is 19.4. The number of cyclic esters (lactones) is 1. The summed E-state index contributed by atoms with van der Waals surface area (Å²) in [5, 5.41) is 11.0. The van der Waals surface area contributed by atoms with Gasteiger partial charge >= 0.3 is 6.09 Å². The van der Waals surface area contributed by atoms with Crippen molar-refractivity contribution < 1.29 is 14.6 Å². The van der Waals surface area contributed by atoms with Crippen molar-refractivity contribution in [1.29, 1.82) is 0 Å². The fourth-order valence-electron chi connectivity index (χ4n) is 3.63. The molecule has 1 N–H and O–H groups in total. The summed E-state index contributed by atoms with van der Waals surface area (Å²) in [5.74, 6) is 3.22. The zero-order chi connectivity index (χ0) is 21.9. The molecule has 1 fully saturated rings. The van der Waals surface area contributed by atoms with Gasteiger partial charge in [-0.25, -0.2) is 4.79 Å². The molecule has 0 radical (unpaired) electrons. The smallest absolute Gasteiger partial charge is 0.412 e. The van der Waals surface area contributed by atoms with Crippen LogP contribution >= 0.6 is 0 Å². The molecule has 0 bridgehead atoms. The lowest BCUT2D eigenvalue weighted by atomic mass is 9.92. The van der Waals surface area contributed by atoms with E-state index in [1.165, 1.54) is 0 Å². The van der Waals surface area contributed by atoms with E-state index < -0.39 is 32.4 Å². The number of nitrogens with zero attached hydrogens (tertiary/aromatic N) is 1. The van der Waals surface area contributed by atoms with Gasteiger partial charge in [0.2, 0.25) is 0 Å². The molecule has 3 rings (SSSR count). The number of aliphatic hydroxyl groups is 1. The molecule has 1 heterocycles. The fourth-order valence-corrected chi connectivity index (χ4v) is 4.21. The van der Waals surface area contributed by atoms with Gasteiger partial charge < -0.3 is 9.84 Å². The third-order valence-electron chi connectivity index (χ3n) is 5.20. The van der Waals surface area contributed by atoms with Gasteiger partial charge in [0.25, 0.3) is 0 Å². The second-order valence-electron chi connectivity index (χ2n) is 9.18. The van der Waals surface area contributed by atoms with Crippen molar-refractivity contribution in [3.63, 3.8) is 0 Å². The Bertz CT molecular complexity index is 912. The molecule has 4 atom stereocenters. The largest absolute Gasteiger partial charge is 0.439 e. The first-order valence-electron chi connectivity index (χ1n) is 10.5. The fraction of sp³-hybridized carbons (Fsp3) is 0.400. The second-order valence-corrected chi connectivity index (χ2v) is 13.9. The second kappa shape index (κ2) is 9.07.